The van der Waals surface area contributed by atoms with Crippen LogP contribution in [0.2, 0.25) is 5.02 Å². The monoisotopic (exact) mass is 317 g/mol. The first-order chi connectivity index (χ1) is 9.40. The lowest BCUT2D eigenvalue weighted by Crippen LogP contribution is -2.11. The Bertz CT molecular complexity index is 614. The van der Waals surface area contributed by atoms with E-state index in [0.29, 0.717) is 9.92 Å². The Kier molecular flexibility index (Phi) is 4.62. The maximum Gasteiger partial charge on any atom is 0.416 e. The van der Waals surface area contributed by atoms with Gasteiger partial charge in [0.15, 0.2) is 0 Å². The van der Waals surface area contributed by atoms with Gasteiger partial charge < -0.3 is 5.73 Å². The lowest BCUT2D eigenvalue weighted by Gasteiger charge is -2.13. The Hall–Kier alpha value is -1.17. The molecule has 0 unspecified atom stereocenters. The zero-order chi connectivity index (χ0) is 14.8. The summed E-state index contributed by atoms with van der Waals surface area (Å²) in [6.45, 7) is -0.154. The van der Waals surface area contributed by atoms with Crippen molar-refractivity contribution in [2.45, 2.75) is 22.5 Å². The first kappa shape index (κ1) is 15.2. The number of benzene rings is 2. The number of hydrogen-bond acceptors (Lipinski definition) is 2. The van der Waals surface area contributed by atoms with Gasteiger partial charge in [0.05, 0.1) is 5.56 Å². The second-order valence-electron chi connectivity index (χ2n) is 4.08. The minimum atomic E-state index is -4.38. The third-order valence-corrected chi connectivity index (χ3v) is 3.85. The van der Waals surface area contributed by atoms with E-state index in [-0.39, 0.29) is 12.1 Å². The average molecular weight is 318 g/mol. The highest BCUT2D eigenvalue weighted by Gasteiger charge is 2.32. The quantitative estimate of drug-likeness (QED) is 0.865. The summed E-state index contributed by atoms with van der Waals surface area (Å²) >= 11 is 7.22. The Morgan fingerprint density at radius 2 is 1.75 bits per heavy atom. The molecule has 6 heteroatoms. The number of nitrogens with two attached hydrogens (primary N) is 1. The summed E-state index contributed by atoms with van der Waals surface area (Å²) in [7, 11) is 0. The lowest BCUT2D eigenvalue weighted by molar-refractivity contribution is -0.138. The molecule has 0 aliphatic heterocycles. The molecule has 2 rings (SSSR count). The van der Waals surface area contributed by atoms with Crippen LogP contribution in [0.4, 0.5) is 13.2 Å². The molecule has 2 aromatic rings. The van der Waals surface area contributed by atoms with Crippen LogP contribution in [0.5, 0.6) is 0 Å². The number of hydrogen-bond donors (Lipinski definition) is 1. The zero-order valence-corrected chi connectivity index (χ0v) is 11.8. The van der Waals surface area contributed by atoms with Gasteiger partial charge in [-0.05, 0) is 42.0 Å². The van der Waals surface area contributed by atoms with Crippen molar-refractivity contribution < 1.29 is 13.2 Å². The van der Waals surface area contributed by atoms with Gasteiger partial charge in [-0.1, -0.05) is 29.4 Å². The van der Waals surface area contributed by atoms with Crippen LogP contribution in [-0.4, -0.2) is 0 Å². The van der Waals surface area contributed by atoms with E-state index in [1.165, 1.54) is 23.9 Å². The van der Waals surface area contributed by atoms with E-state index in [0.717, 1.165) is 11.0 Å². The lowest BCUT2D eigenvalue weighted by atomic mass is 10.1. The van der Waals surface area contributed by atoms with Gasteiger partial charge in [0.1, 0.15) is 0 Å². The second kappa shape index (κ2) is 6.08. The molecule has 0 heterocycles. The normalized spacial score (nSPS) is 11.7. The summed E-state index contributed by atoms with van der Waals surface area (Å²) in [4.78, 5) is 1.56. The summed E-state index contributed by atoms with van der Waals surface area (Å²) in [5.41, 5.74) is 4.81. The summed E-state index contributed by atoms with van der Waals surface area (Å²) in [5, 5.41) is 0.584. The average Bonchev–Trinajstić information content (AvgIpc) is 2.37. The molecule has 0 spiro atoms. The topological polar surface area (TPSA) is 26.0 Å². The highest BCUT2D eigenvalue weighted by Crippen LogP contribution is 2.36. The summed E-state index contributed by atoms with van der Waals surface area (Å²) in [6, 6.07) is 11.1. The fourth-order valence-electron chi connectivity index (χ4n) is 1.75. The molecule has 0 fully saturated rings. The maximum absolute atomic E-state index is 12.8. The van der Waals surface area contributed by atoms with Crippen LogP contribution in [-0.2, 0) is 12.7 Å². The van der Waals surface area contributed by atoms with E-state index in [1.807, 2.05) is 6.07 Å². The van der Waals surface area contributed by atoms with Gasteiger partial charge >= 0.3 is 6.18 Å². The molecule has 0 aromatic heterocycles. The summed E-state index contributed by atoms with van der Waals surface area (Å²) in [5.74, 6) is 0. The van der Waals surface area contributed by atoms with Crippen LogP contribution < -0.4 is 5.73 Å². The third kappa shape index (κ3) is 3.69. The van der Waals surface area contributed by atoms with Crippen molar-refractivity contribution in [3.8, 4) is 0 Å². The standard InChI is InChI=1S/C14H11ClF3NS/c15-10-2-1-3-11(7-10)20-12-4-5-13(14(16,17)18)9(6-12)8-19/h1-7H,8,19H2. The van der Waals surface area contributed by atoms with Crippen LogP contribution in [0.1, 0.15) is 11.1 Å². The fraction of sp³-hybridized carbons (Fsp3) is 0.143. The molecule has 0 atom stereocenters. The van der Waals surface area contributed by atoms with Gasteiger partial charge in [-0.15, -0.1) is 0 Å². The Balaban J connectivity index is 2.30. The van der Waals surface area contributed by atoms with E-state index in [2.05, 4.69) is 0 Å². The molecular formula is C14H11ClF3NS. The van der Waals surface area contributed by atoms with Gasteiger partial charge in [-0.3, -0.25) is 0 Å². The first-order valence-electron chi connectivity index (χ1n) is 5.74. The minimum Gasteiger partial charge on any atom is -0.326 e. The van der Waals surface area contributed by atoms with Gasteiger partial charge in [0.25, 0.3) is 0 Å². The van der Waals surface area contributed by atoms with E-state index >= 15 is 0 Å². The van der Waals surface area contributed by atoms with Crippen molar-refractivity contribution in [3.63, 3.8) is 0 Å². The zero-order valence-electron chi connectivity index (χ0n) is 10.2. The number of alkyl halides is 3. The van der Waals surface area contributed by atoms with Crippen molar-refractivity contribution in [1.29, 1.82) is 0 Å². The number of rotatable bonds is 3. The van der Waals surface area contributed by atoms with Crippen molar-refractivity contribution in [1.82, 2.24) is 0 Å². The molecule has 0 aliphatic carbocycles. The molecule has 20 heavy (non-hydrogen) atoms. The Morgan fingerprint density at radius 3 is 2.35 bits per heavy atom. The van der Waals surface area contributed by atoms with Gasteiger partial charge in [-0.25, -0.2) is 0 Å². The smallest absolute Gasteiger partial charge is 0.326 e. The molecule has 0 bridgehead atoms. The van der Waals surface area contributed by atoms with E-state index in [4.69, 9.17) is 17.3 Å². The first-order valence-corrected chi connectivity index (χ1v) is 6.93. The van der Waals surface area contributed by atoms with E-state index in [9.17, 15) is 13.2 Å². The van der Waals surface area contributed by atoms with Crippen molar-refractivity contribution in [3.05, 3.63) is 58.6 Å². The van der Waals surface area contributed by atoms with E-state index in [1.54, 1.807) is 18.2 Å². The predicted octanol–water partition coefficient (Wildman–Crippen LogP) is 4.97. The van der Waals surface area contributed by atoms with Gasteiger partial charge in [0, 0.05) is 21.4 Å². The van der Waals surface area contributed by atoms with Crippen LogP contribution in [0, 0.1) is 0 Å². The summed E-state index contributed by atoms with van der Waals surface area (Å²) < 4.78 is 38.3. The molecule has 0 aliphatic rings. The van der Waals surface area contributed by atoms with Crippen LogP contribution in [0.15, 0.2) is 52.3 Å². The molecule has 106 valence electrons. The van der Waals surface area contributed by atoms with Crippen LogP contribution in [0.25, 0.3) is 0 Å². The predicted molar refractivity (Wildman–Crippen MR) is 74.9 cm³/mol. The molecule has 0 amide bonds. The highest BCUT2D eigenvalue weighted by atomic mass is 35.5. The third-order valence-electron chi connectivity index (χ3n) is 2.63. The van der Waals surface area contributed by atoms with Crippen molar-refractivity contribution >= 4 is 23.4 Å². The second-order valence-corrected chi connectivity index (χ2v) is 5.66. The van der Waals surface area contributed by atoms with Crippen LogP contribution >= 0.6 is 23.4 Å². The van der Waals surface area contributed by atoms with Gasteiger partial charge in [-0.2, -0.15) is 13.2 Å². The SMILES string of the molecule is NCc1cc(Sc2cccc(Cl)c2)ccc1C(F)(F)F. The van der Waals surface area contributed by atoms with Gasteiger partial charge in [0.2, 0.25) is 0 Å². The Morgan fingerprint density at radius 1 is 1.05 bits per heavy atom. The largest absolute Gasteiger partial charge is 0.416 e. The highest BCUT2D eigenvalue weighted by molar-refractivity contribution is 7.99. The molecule has 0 saturated heterocycles. The minimum absolute atomic E-state index is 0.0875. The molecule has 0 saturated carbocycles. The molecule has 2 aromatic carbocycles. The molecule has 0 radical (unpaired) electrons. The fourth-order valence-corrected chi connectivity index (χ4v) is 2.94. The maximum atomic E-state index is 12.8. The Labute approximate surface area is 123 Å². The molecule has 1 nitrogen and oxygen atoms in total. The van der Waals surface area contributed by atoms with E-state index < -0.39 is 11.7 Å². The van der Waals surface area contributed by atoms with Crippen molar-refractivity contribution in [2.75, 3.05) is 0 Å². The summed E-state index contributed by atoms with van der Waals surface area (Å²) in [6.07, 6.45) is -4.38. The van der Waals surface area contributed by atoms with Crippen molar-refractivity contribution in [2.24, 2.45) is 5.73 Å². The number of halogens is 4. The molecular weight excluding hydrogens is 307 g/mol. The van der Waals surface area contributed by atoms with Crippen LogP contribution in [0.3, 0.4) is 0 Å². The molecule has 2 N–H and O–H groups in total.